The van der Waals surface area contributed by atoms with Gasteiger partial charge in [0.05, 0.1) is 10.7 Å². The highest BCUT2D eigenvalue weighted by molar-refractivity contribution is 9.10. The quantitative estimate of drug-likeness (QED) is 0.838. The SMILES string of the molecule is CC(C)n1ncc(Br)c1C(=O)CCCO. The van der Waals surface area contributed by atoms with Crippen LogP contribution in [0.25, 0.3) is 0 Å². The molecule has 0 amide bonds. The van der Waals surface area contributed by atoms with Gasteiger partial charge in [-0.05, 0) is 36.2 Å². The Morgan fingerprint density at radius 1 is 1.67 bits per heavy atom. The Balaban J connectivity index is 2.91. The van der Waals surface area contributed by atoms with E-state index < -0.39 is 0 Å². The van der Waals surface area contributed by atoms with Gasteiger partial charge in [-0.15, -0.1) is 0 Å². The zero-order valence-electron chi connectivity index (χ0n) is 8.90. The van der Waals surface area contributed by atoms with Crippen molar-refractivity contribution in [1.82, 2.24) is 9.78 Å². The molecule has 0 atom stereocenters. The number of aliphatic hydroxyl groups is 1. The summed E-state index contributed by atoms with van der Waals surface area (Å²) in [4.78, 5) is 11.8. The van der Waals surface area contributed by atoms with E-state index in [9.17, 15) is 4.79 Å². The molecule has 0 saturated heterocycles. The molecule has 4 nitrogen and oxygen atoms in total. The molecule has 0 fully saturated rings. The summed E-state index contributed by atoms with van der Waals surface area (Å²) in [5, 5.41) is 12.8. The number of rotatable bonds is 5. The van der Waals surface area contributed by atoms with Crippen LogP contribution in [0.2, 0.25) is 0 Å². The summed E-state index contributed by atoms with van der Waals surface area (Å²) in [5.41, 5.74) is 0.596. The van der Waals surface area contributed by atoms with Crippen molar-refractivity contribution in [2.45, 2.75) is 32.7 Å². The highest BCUT2D eigenvalue weighted by Gasteiger charge is 2.17. The minimum atomic E-state index is 0.0159. The van der Waals surface area contributed by atoms with E-state index in [4.69, 9.17) is 5.11 Å². The minimum Gasteiger partial charge on any atom is -0.396 e. The number of halogens is 1. The van der Waals surface area contributed by atoms with Crippen molar-refractivity contribution in [3.63, 3.8) is 0 Å². The molecule has 15 heavy (non-hydrogen) atoms. The van der Waals surface area contributed by atoms with Gasteiger partial charge >= 0.3 is 0 Å². The third kappa shape index (κ3) is 2.89. The van der Waals surface area contributed by atoms with Gasteiger partial charge in [0.2, 0.25) is 0 Å². The number of Topliss-reactive ketones (excluding diaryl/α,β-unsaturated/α-hetero) is 1. The molecule has 1 aromatic rings. The van der Waals surface area contributed by atoms with Gasteiger partial charge in [-0.25, -0.2) is 0 Å². The van der Waals surface area contributed by atoms with E-state index in [2.05, 4.69) is 21.0 Å². The summed E-state index contributed by atoms with van der Waals surface area (Å²) < 4.78 is 2.42. The van der Waals surface area contributed by atoms with E-state index in [0.29, 0.717) is 18.5 Å². The Labute approximate surface area is 97.4 Å². The lowest BCUT2D eigenvalue weighted by atomic mass is 10.1. The fraction of sp³-hybridized carbons (Fsp3) is 0.600. The van der Waals surface area contributed by atoms with E-state index in [1.54, 1.807) is 10.9 Å². The molecule has 5 heteroatoms. The third-order valence-electron chi connectivity index (χ3n) is 2.07. The Morgan fingerprint density at radius 2 is 2.33 bits per heavy atom. The van der Waals surface area contributed by atoms with Gasteiger partial charge in [-0.2, -0.15) is 5.10 Å². The molecule has 0 spiro atoms. The van der Waals surface area contributed by atoms with Crippen molar-refractivity contribution in [3.8, 4) is 0 Å². The Hall–Kier alpha value is -0.680. The second-order valence-corrected chi connectivity index (χ2v) is 4.48. The van der Waals surface area contributed by atoms with Crippen LogP contribution in [-0.4, -0.2) is 27.3 Å². The highest BCUT2D eigenvalue weighted by atomic mass is 79.9. The first-order valence-electron chi connectivity index (χ1n) is 4.95. The lowest BCUT2D eigenvalue weighted by molar-refractivity contribution is 0.0958. The second-order valence-electron chi connectivity index (χ2n) is 3.63. The van der Waals surface area contributed by atoms with Crippen LogP contribution in [-0.2, 0) is 0 Å². The van der Waals surface area contributed by atoms with Gasteiger partial charge in [0.25, 0.3) is 0 Å². The lowest BCUT2D eigenvalue weighted by Gasteiger charge is -2.10. The topological polar surface area (TPSA) is 55.1 Å². The zero-order chi connectivity index (χ0) is 11.4. The smallest absolute Gasteiger partial charge is 0.182 e. The summed E-state index contributed by atoms with van der Waals surface area (Å²) in [6, 6.07) is 0.157. The van der Waals surface area contributed by atoms with Crippen molar-refractivity contribution in [2.75, 3.05) is 6.61 Å². The van der Waals surface area contributed by atoms with E-state index in [-0.39, 0.29) is 18.4 Å². The van der Waals surface area contributed by atoms with Crippen LogP contribution in [0.15, 0.2) is 10.7 Å². The maximum Gasteiger partial charge on any atom is 0.182 e. The monoisotopic (exact) mass is 274 g/mol. The van der Waals surface area contributed by atoms with Gasteiger partial charge in [0.1, 0.15) is 5.69 Å². The van der Waals surface area contributed by atoms with Crippen molar-refractivity contribution in [1.29, 1.82) is 0 Å². The average Bonchev–Trinajstić information content (AvgIpc) is 2.56. The number of carbonyl (C=O) groups is 1. The number of nitrogens with zero attached hydrogens (tertiary/aromatic N) is 2. The van der Waals surface area contributed by atoms with E-state index in [1.165, 1.54) is 0 Å². The normalized spacial score (nSPS) is 11.0. The second kappa shape index (κ2) is 5.42. The van der Waals surface area contributed by atoms with E-state index >= 15 is 0 Å². The predicted molar refractivity (Wildman–Crippen MR) is 61.0 cm³/mol. The molecule has 1 aromatic heterocycles. The molecule has 0 bridgehead atoms. The molecule has 84 valence electrons. The zero-order valence-corrected chi connectivity index (χ0v) is 10.5. The first-order valence-corrected chi connectivity index (χ1v) is 5.74. The van der Waals surface area contributed by atoms with E-state index in [1.807, 2.05) is 13.8 Å². The molecule has 0 aliphatic carbocycles. The Morgan fingerprint density at radius 3 is 2.87 bits per heavy atom. The predicted octanol–water partition coefficient (Wildman–Crippen LogP) is 2.18. The number of aromatic nitrogens is 2. The number of ketones is 1. The number of hydrogen-bond donors (Lipinski definition) is 1. The van der Waals surface area contributed by atoms with Gasteiger partial charge in [-0.3, -0.25) is 9.48 Å². The third-order valence-corrected chi connectivity index (χ3v) is 2.65. The number of hydrogen-bond acceptors (Lipinski definition) is 3. The maximum absolute atomic E-state index is 11.8. The molecule has 0 saturated carbocycles. The summed E-state index contributed by atoms with van der Waals surface area (Å²) in [5.74, 6) is 0.0159. The van der Waals surface area contributed by atoms with Crippen molar-refractivity contribution >= 4 is 21.7 Å². The van der Waals surface area contributed by atoms with Gasteiger partial charge in [-0.1, -0.05) is 0 Å². The van der Waals surface area contributed by atoms with Crippen molar-refractivity contribution in [2.24, 2.45) is 0 Å². The van der Waals surface area contributed by atoms with Crippen LogP contribution in [0.4, 0.5) is 0 Å². The Bertz CT molecular complexity index is 347. The standard InChI is InChI=1S/C10H15BrN2O2/c1-7(2)13-10(8(11)6-12-13)9(15)4-3-5-14/h6-7,14H,3-5H2,1-2H3. The molecular formula is C10H15BrN2O2. The Kier molecular flexibility index (Phi) is 4.47. The first-order chi connectivity index (χ1) is 7.07. The summed E-state index contributed by atoms with van der Waals surface area (Å²) in [6.45, 7) is 3.99. The largest absolute Gasteiger partial charge is 0.396 e. The first kappa shape index (κ1) is 12.4. The fourth-order valence-corrected chi connectivity index (χ4v) is 1.85. The van der Waals surface area contributed by atoms with Gasteiger partial charge < -0.3 is 5.11 Å². The van der Waals surface area contributed by atoms with E-state index in [0.717, 1.165) is 4.47 Å². The molecular weight excluding hydrogens is 260 g/mol. The molecule has 0 unspecified atom stereocenters. The van der Waals surface area contributed by atoms with Crippen LogP contribution in [0.5, 0.6) is 0 Å². The van der Waals surface area contributed by atoms with Crippen LogP contribution >= 0.6 is 15.9 Å². The summed E-state index contributed by atoms with van der Waals surface area (Å²) >= 11 is 3.31. The molecule has 0 aromatic carbocycles. The summed E-state index contributed by atoms with van der Waals surface area (Å²) in [6.07, 6.45) is 2.48. The number of carbonyl (C=O) groups excluding carboxylic acids is 1. The fourth-order valence-electron chi connectivity index (χ4n) is 1.35. The molecule has 0 radical (unpaired) electrons. The highest BCUT2D eigenvalue weighted by Crippen LogP contribution is 2.21. The molecule has 0 aliphatic rings. The van der Waals surface area contributed by atoms with Crippen LogP contribution in [0.3, 0.4) is 0 Å². The molecule has 1 rings (SSSR count). The van der Waals surface area contributed by atoms with Crippen LogP contribution in [0, 0.1) is 0 Å². The molecule has 1 N–H and O–H groups in total. The minimum absolute atomic E-state index is 0.0159. The van der Waals surface area contributed by atoms with Crippen LogP contribution < -0.4 is 0 Å². The number of aliphatic hydroxyl groups excluding tert-OH is 1. The van der Waals surface area contributed by atoms with Crippen LogP contribution in [0.1, 0.15) is 43.2 Å². The lowest BCUT2D eigenvalue weighted by Crippen LogP contribution is -2.13. The average molecular weight is 275 g/mol. The summed E-state index contributed by atoms with van der Waals surface area (Å²) in [7, 11) is 0. The van der Waals surface area contributed by atoms with Crippen molar-refractivity contribution in [3.05, 3.63) is 16.4 Å². The maximum atomic E-state index is 11.8. The molecule has 1 heterocycles. The van der Waals surface area contributed by atoms with Crippen molar-refractivity contribution < 1.29 is 9.90 Å². The van der Waals surface area contributed by atoms with Gasteiger partial charge in [0, 0.05) is 19.1 Å². The molecule has 0 aliphatic heterocycles. The van der Waals surface area contributed by atoms with Gasteiger partial charge in [0.15, 0.2) is 5.78 Å².